The molecule has 2 nitrogen and oxygen atoms in total. The second-order valence-corrected chi connectivity index (χ2v) is 12.4. The van der Waals surface area contributed by atoms with Crippen LogP contribution in [0.3, 0.4) is 0 Å². The Morgan fingerprint density at radius 3 is 1.73 bits per heavy atom. The van der Waals surface area contributed by atoms with Crippen molar-refractivity contribution < 1.29 is 13.9 Å². The van der Waals surface area contributed by atoms with Gasteiger partial charge in [-0.05, 0) is 59.0 Å². The highest BCUT2D eigenvalue weighted by atomic mass is 19.1. The third-order valence-electron chi connectivity index (χ3n) is 8.60. The molecule has 0 aromatic heterocycles. The van der Waals surface area contributed by atoms with Gasteiger partial charge in [0.2, 0.25) is 0 Å². The molecule has 242 valence electrons. The average molecular weight is 611 g/mol. The van der Waals surface area contributed by atoms with Crippen molar-refractivity contribution in [2.45, 2.75) is 122 Å². The van der Waals surface area contributed by atoms with Gasteiger partial charge in [0.25, 0.3) is 0 Å². The maximum Gasteiger partial charge on any atom is 0.185 e. The molecule has 3 heteroatoms. The minimum Gasteiger partial charge on any atom is -0.369 e. The summed E-state index contributed by atoms with van der Waals surface area (Å²) in [5.41, 5.74) is 4.84. The first kappa shape index (κ1) is 36.2. The molecule has 0 N–H and O–H groups in total. The molecule has 3 aromatic carbocycles. The number of rotatable bonds is 24. The summed E-state index contributed by atoms with van der Waals surface area (Å²) in [6.07, 6.45) is 26.6. The van der Waals surface area contributed by atoms with E-state index in [1.54, 1.807) is 12.2 Å². The maximum absolute atomic E-state index is 13.2. The molecule has 3 rings (SSSR count). The molecule has 0 saturated carbocycles. The number of hydrogen-bond donors (Lipinski definition) is 0. The number of hydrogen-bond acceptors (Lipinski definition) is 2. The number of ether oxygens (including phenoxy) is 1. The highest BCUT2D eigenvalue weighted by Gasteiger charge is 2.13. The SMILES string of the molecule is C=Cc1ccc(COC(CCCCCCCCCCCCCCCCC)c2ccc(C=CC(=O)c3ccc(F)cc3)cc2)cc1. The molecular weight excluding hydrogens is 555 g/mol. The molecular formula is C42H55FO2. The van der Waals surface area contributed by atoms with Crippen LogP contribution in [-0.2, 0) is 11.3 Å². The highest BCUT2D eigenvalue weighted by Crippen LogP contribution is 2.27. The maximum atomic E-state index is 13.2. The summed E-state index contributed by atoms with van der Waals surface area (Å²) in [6, 6.07) is 22.3. The third kappa shape index (κ3) is 15.0. The Labute approximate surface area is 272 Å². The Kier molecular flexibility index (Phi) is 17.9. The molecule has 0 fully saturated rings. The van der Waals surface area contributed by atoms with E-state index < -0.39 is 0 Å². The van der Waals surface area contributed by atoms with Gasteiger partial charge in [-0.1, -0.05) is 170 Å². The van der Waals surface area contributed by atoms with Gasteiger partial charge in [0, 0.05) is 5.56 Å². The van der Waals surface area contributed by atoms with Crippen LogP contribution in [0, 0.1) is 5.82 Å². The van der Waals surface area contributed by atoms with Crippen molar-refractivity contribution in [2.24, 2.45) is 0 Å². The second kappa shape index (κ2) is 22.2. The normalized spacial score (nSPS) is 12.0. The summed E-state index contributed by atoms with van der Waals surface area (Å²) in [6.45, 7) is 6.69. The molecule has 0 heterocycles. The van der Waals surface area contributed by atoms with Gasteiger partial charge in [-0.2, -0.15) is 0 Å². The van der Waals surface area contributed by atoms with E-state index >= 15 is 0 Å². The van der Waals surface area contributed by atoms with E-state index in [1.165, 1.54) is 114 Å². The van der Waals surface area contributed by atoms with Crippen molar-refractivity contribution in [1.29, 1.82) is 0 Å². The first-order chi connectivity index (χ1) is 22.1. The monoisotopic (exact) mass is 610 g/mol. The Morgan fingerprint density at radius 1 is 0.689 bits per heavy atom. The fraction of sp³-hybridized carbons (Fsp3) is 0.452. The van der Waals surface area contributed by atoms with E-state index in [0.717, 1.165) is 35.1 Å². The lowest BCUT2D eigenvalue weighted by Gasteiger charge is -2.19. The number of halogens is 1. The molecule has 0 saturated heterocycles. The Bertz CT molecular complexity index is 1240. The highest BCUT2D eigenvalue weighted by molar-refractivity contribution is 6.06. The van der Waals surface area contributed by atoms with E-state index in [9.17, 15) is 9.18 Å². The molecule has 1 unspecified atom stereocenters. The molecule has 0 spiro atoms. The van der Waals surface area contributed by atoms with Gasteiger partial charge < -0.3 is 4.74 Å². The van der Waals surface area contributed by atoms with Gasteiger partial charge in [0.1, 0.15) is 5.82 Å². The van der Waals surface area contributed by atoms with Crippen LogP contribution in [0.25, 0.3) is 12.2 Å². The van der Waals surface area contributed by atoms with Gasteiger partial charge in [0.15, 0.2) is 5.78 Å². The first-order valence-electron chi connectivity index (χ1n) is 17.5. The summed E-state index contributed by atoms with van der Waals surface area (Å²) >= 11 is 0. The molecule has 0 bridgehead atoms. The van der Waals surface area contributed by atoms with Crippen LogP contribution in [0.1, 0.15) is 148 Å². The van der Waals surface area contributed by atoms with Crippen LogP contribution >= 0.6 is 0 Å². The Hall–Kier alpha value is -3.30. The lowest BCUT2D eigenvalue weighted by Crippen LogP contribution is -2.05. The van der Waals surface area contributed by atoms with Gasteiger partial charge in [-0.15, -0.1) is 0 Å². The topological polar surface area (TPSA) is 26.3 Å². The van der Waals surface area contributed by atoms with Crippen LogP contribution < -0.4 is 0 Å². The predicted molar refractivity (Wildman–Crippen MR) is 190 cm³/mol. The molecule has 0 aliphatic rings. The molecule has 0 aliphatic heterocycles. The van der Waals surface area contributed by atoms with E-state index in [1.807, 2.05) is 18.2 Å². The smallest absolute Gasteiger partial charge is 0.185 e. The number of benzene rings is 3. The van der Waals surface area contributed by atoms with Crippen molar-refractivity contribution in [3.63, 3.8) is 0 Å². The molecule has 0 radical (unpaired) electrons. The number of carbonyl (C=O) groups is 1. The molecule has 45 heavy (non-hydrogen) atoms. The summed E-state index contributed by atoms with van der Waals surface area (Å²) < 4.78 is 19.7. The van der Waals surface area contributed by atoms with Gasteiger partial charge in [-0.3, -0.25) is 4.79 Å². The van der Waals surface area contributed by atoms with E-state index in [4.69, 9.17) is 4.74 Å². The predicted octanol–water partition coefficient (Wildman–Crippen LogP) is 12.9. The molecule has 0 amide bonds. The zero-order chi connectivity index (χ0) is 32.0. The number of unbranched alkanes of at least 4 members (excludes halogenated alkanes) is 14. The fourth-order valence-corrected chi connectivity index (χ4v) is 5.70. The first-order valence-corrected chi connectivity index (χ1v) is 17.5. The van der Waals surface area contributed by atoms with E-state index in [0.29, 0.717) is 12.2 Å². The van der Waals surface area contributed by atoms with Crippen molar-refractivity contribution >= 4 is 17.9 Å². The van der Waals surface area contributed by atoms with Crippen LogP contribution in [-0.4, -0.2) is 5.78 Å². The van der Waals surface area contributed by atoms with Crippen molar-refractivity contribution in [3.05, 3.63) is 119 Å². The quantitative estimate of drug-likeness (QED) is 0.0573. The van der Waals surface area contributed by atoms with Gasteiger partial charge in [-0.25, -0.2) is 4.39 Å². The summed E-state index contributed by atoms with van der Waals surface area (Å²) in [4.78, 5) is 12.5. The van der Waals surface area contributed by atoms with Crippen molar-refractivity contribution in [3.8, 4) is 0 Å². The second-order valence-electron chi connectivity index (χ2n) is 12.4. The van der Waals surface area contributed by atoms with Crippen molar-refractivity contribution in [1.82, 2.24) is 0 Å². The third-order valence-corrected chi connectivity index (χ3v) is 8.60. The fourth-order valence-electron chi connectivity index (χ4n) is 5.70. The largest absolute Gasteiger partial charge is 0.369 e. The number of allylic oxidation sites excluding steroid dienone is 1. The summed E-state index contributed by atoms with van der Waals surface area (Å²) in [7, 11) is 0. The van der Waals surface area contributed by atoms with E-state index in [-0.39, 0.29) is 17.7 Å². The Morgan fingerprint density at radius 2 is 1.20 bits per heavy atom. The number of carbonyl (C=O) groups excluding carboxylic acids is 1. The standard InChI is InChI=1S/C42H55FO2/c1-3-5-6-7-8-9-10-11-12-13-14-15-16-17-18-19-42(45-34-37-22-20-35(4-2)21-23-37)39-27-24-36(25-28-39)26-33-41(44)38-29-31-40(43)32-30-38/h4,20-33,42H,2-3,5-19,34H2,1H3. The molecule has 0 aliphatic carbocycles. The van der Waals surface area contributed by atoms with Gasteiger partial charge in [0.05, 0.1) is 12.7 Å². The number of ketones is 1. The lowest BCUT2D eigenvalue weighted by molar-refractivity contribution is 0.0321. The van der Waals surface area contributed by atoms with Gasteiger partial charge >= 0.3 is 0 Å². The zero-order valence-corrected chi connectivity index (χ0v) is 27.7. The van der Waals surface area contributed by atoms with E-state index in [2.05, 4.69) is 49.9 Å². The molecule has 3 aromatic rings. The average Bonchev–Trinajstić information content (AvgIpc) is 3.07. The zero-order valence-electron chi connectivity index (χ0n) is 27.7. The molecule has 1 atom stereocenters. The Balaban J connectivity index is 1.42. The summed E-state index contributed by atoms with van der Waals surface area (Å²) in [5, 5.41) is 0. The van der Waals surface area contributed by atoms with Crippen LogP contribution in [0.2, 0.25) is 0 Å². The van der Waals surface area contributed by atoms with Crippen LogP contribution in [0.4, 0.5) is 4.39 Å². The van der Waals surface area contributed by atoms with Crippen LogP contribution in [0.5, 0.6) is 0 Å². The minimum absolute atomic E-state index is 0.0185. The summed E-state index contributed by atoms with van der Waals surface area (Å²) in [5.74, 6) is -0.489. The minimum atomic E-state index is -0.346. The lowest BCUT2D eigenvalue weighted by atomic mass is 9.99. The van der Waals surface area contributed by atoms with Crippen LogP contribution in [0.15, 0.2) is 85.5 Å². The van der Waals surface area contributed by atoms with Crippen molar-refractivity contribution in [2.75, 3.05) is 0 Å².